The third kappa shape index (κ3) is 3.85. The highest BCUT2D eigenvalue weighted by Crippen LogP contribution is 2.22. The Morgan fingerprint density at radius 2 is 2.00 bits per heavy atom. The SMILES string of the molecule is CSC(NCc1ccc(Cl)cc1Cl)=C(C#N)C#N. The van der Waals surface area contributed by atoms with Crippen molar-refractivity contribution < 1.29 is 0 Å². The maximum absolute atomic E-state index is 8.79. The smallest absolute Gasteiger partial charge is 0.159 e. The van der Waals surface area contributed by atoms with Crippen LogP contribution in [0.5, 0.6) is 0 Å². The zero-order valence-electron chi connectivity index (χ0n) is 9.50. The van der Waals surface area contributed by atoms with Gasteiger partial charge in [0, 0.05) is 16.6 Å². The van der Waals surface area contributed by atoms with E-state index in [1.54, 1.807) is 24.5 Å². The number of rotatable bonds is 4. The topological polar surface area (TPSA) is 59.6 Å². The molecule has 0 heterocycles. The standard InChI is InChI=1S/C12H9Cl2N3S/c1-18-12(9(5-15)6-16)17-7-8-2-3-10(13)4-11(8)14/h2-4,17H,7H2,1H3. The van der Waals surface area contributed by atoms with Gasteiger partial charge in [0.1, 0.15) is 12.1 Å². The zero-order chi connectivity index (χ0) is 13.5. The van der Waals surface area contributed by atoms with Crippen LogP contribution in [0, 0.1) is 22.7 Å². The highest BCUT2D eigenvalue weighted by atomic mass is 35.5. The van der Waals surface area contributed by atoms with Crippen LogP contribution in [0.3, 0.4) is 0 Å². The monoisotopic (exact) mass is 297 g/mol. The number of hydrogen-bond acceptors (Lipinski definition) is 4. The van der Waals surface area contributed by atoms with Gasteiger partial charge in [-0.2, -0.15) is 10.5 Å². The second kappa shape index (κ2) is 7.18. The number of nitriles is 2. The van der Waals surface area contributed by atoms with E-state index in [-0.39, 0.29) is 5.57 Å². The van der Waals surface area contributed by atoms with E-state index >= 15 is 0 Å². The van der Waals surface area contributed by atoms with E-state index in [1.165, 1.54) is 11.8 Å². The van der Waals surface area contributed by atoms with Crippen LogP contribution in [-0.2, 0) is 6.54 Å². The molecule has 18 heavy (non-hydrogen) atoms. The molecule has 0 atom stereocenters. The first kappa shape index (κ1) is 14.7. The average molecular weight is 298 g/mol. The first-order valence-electron chi connectivity index (χ1n) is 4.88. The van der Waals surface area contributed by atoms with Gasteiger partial charge in [-0.05, 0) is 24.0 Å². The summed E-state index contributed by atoms with van der Waals surface area (Å²) in [7, 11) is 0. The highest BCUT2D eigenvalue weighted by Gasteiger charge is 2.06. The van der Waals surface area contributed by atoms with E-state index in [0.717, 1.165) is 5.56 Å². The van der Waals surface area contributed by atoms with Gasteiger partial charge in [0.2, 0.25) is 0 Å². The molecule has 0 saturated heterocycles. The predicted octanol–water partition coefficient (Wildman–Crippen LogP) is 3.70. The molecule has 3 nitrogen and oxygen atoms in total. The zero-order valence-corrected chi connectivity index (χ0v) is 11.8. The normalized spacial score (nSPS) is 9.17. The minimum atomic E-state index is 0.0626. The maximum Gasteiger partial charge on any atom is 0.159 e. The van der Waals surface area contributed by atoms with Gasteiger partial charge in [0.15, 0.2) is 5.57 Å². The summed E-state index contributed by atoms with van der Waals surface area (Å²) >= 11 is 13.1. The van der Waals surface area contributed by atoms with Gasteiger partial charge in [-0.1, -0.05) is 29.3 Å². The highest BCUT2D eigenvalue weighted by molar-refractivity contribution is 8.02. The molecule has 0 aliphatic heterocycles. The first-order chi connectivity index (χ1) is 8.62. The quantitative estimate of drug-likeness (QED) is 0.861. The molecule has 1 N–H and O–H groups in total. The summed E-state index contributed by atoms with van der Waals surface area (Å²) in [4.78, 5) is 0. The maximum atomic E-state index is 8.79. The van der Waals surface area contributed by atoms with Crippen molar-refractivity contribution in [2.75, 3.05) is 6.26 Å². The molecule has 1 rings (SSSR count). The summed E-state index contributed by atoms with van der Waals surface area (Å²) in [5, 5.41) is 22.2. The van der Waals surface area contributed by atoms with Crippen LogP contribution in [0.25, 0.3) is 0 Å². The molecular weight excluding hydrogens is 289 g/mol. The Kier molecular flexibility index (Phi) is 5.88. The second-order valence-electron chi connectivity index (χ2n) is 3.22. The predicted molar refractivity (Wildman–Crippen MR) is 75.1 cm³/mol. The number of nitrogens with zero attached hydrogens (tertiary/aromatic N) is 2. The Hall–Kier alpha value is -1.33. The van der Waals surface area contributed by atoms with Crippen LogP contribution in [0.2, 0.25) is 10.0 Å². The van der Waals surface area contributed by atoms with E-state index in [4.69, 9.17) is 33.7 Å². The number of benzene rings is 1. The van der Waals surface area contributed by atoms with Crippen molar-refractivity contribution >= 4 is 35.0 Å². The summed E-state index contributed by atoms with van der Waals surface area (Å²) in [5.74, 6) is 0. The fraction of sp³-hybridized carbons (Fsp3) is 0.167. The van der Waals surface area contributed by atoms with Gasteiger partial charge in [0.05, 0.1) is 5.03 Å². The number of thioether (sulfide) groups is 1. The second-order valence-corrected chi connectivity index (χ2v) is 4.88. The molecule has 0 amide bonds. The van der Waals surface area contributed by atoms with Crippen molar-refractivity contribution in [3.8, 4) is 12.1 Å². The van der Waals surface area contributed by atoms with Gasteiger partial charge in [0.25, 0.3) is 0 Å². The summed E-state index contributed by atoms with van der Waals surface area (Å²) in [5.41, 5.74) is 0.912. The number of nitrogens with one attached hydrogen (secondary N) is 1. The minimum Gasteiger partial charge on any atom is -0.374 e. The van der Waals surface area contributed by atoms with Gasteiger partial charge >= 0.3 is 0 Å². The van der Waals surface area contributed by atoms with Crippen molar-refractivity contribution in [2.24, 2.45) is 0 Å². The lowest BCUT2D eigenvalue weighted by Gasteiger charge is -2.10. The summed E-state index contributed by atoms with van der Waals surface area (Å²) in [6.07, 6.45) is 1.79. The molecule has 0 saturated carbocycles. The average Bonchev–Trinajstić information content (AvgIpc) is 2.36. The summed E-state index contributed by atoms with van der Waals surface area (Å²) < 4.78 is 0. The third-order valence-corrected chi connectivity index (χ3v) is 3.45. The molecule has 0 bridgehead atoms. The Bertz CT molecular complexity index is 539. The first-order valence-corrected chi connectivity index (χ1v) is 6.86. The molecule has 0 fully saturated rings. The van der Waals surface area contributed by atoms with Crippen LogP contribution in [-0.4, -0.2) is 6.26 Å². The van der Waals surface area contributed by atoms with E-state index in [9.17, 15) is 0 Å². The van der Waals surface area contributed by atoms with Crippen molar-refractivity contribution in [3.05, 3.63) is 44.4 Å². The molecule has 0 spiro atoms. The molecule has 0 radical (unpaired) electrons. The largest absolute Gasteiger partial charge is 0.374 e. The van der Waals surface area contributed by atoms with Crippen LogP contribution in [0.15, 0.2) is 28.8 Å². The van der Waals surface area contributed by atoms with E-state index in [1.807, 2.05) is 12.1 Å². The van der Waals surface area contributed by atoms with Gasteiger partial charge in [-0.3, -0.25) is 0 Å². The van der Waals surface area contributed by atoms with E-state index in [2.05, 4.69) is 5.32 Å². The molecule has 1 aromatic rings. The summed E-state index contributed by atoms with van der Waals surface area (Å²) in [6.45, 7) is 0.430. The van der Waals surface area contributed by atoms with Gasteiger partial charge < -0.3 is 5.32 Å². The lowest BCUT2D eigenvalue weighted by Crippen LogP contribution is -2.12. The molecule has 0 aromatic heterocycles. The van der Waals surface area contributed by atoms with Gasteiger partial charge in [-0.15, -0.1) is 11.8 Å². The molecular formula is C12H9Cl2N3S. The number of allylic oxidation sites excluding steroid dienone is 1. The van der Waals surface area contributed by atoms with Crippen molar-refractivity contribution in [3.63, 3.8) is 0 Å². The number of hydrogen-bond donors (Lipinski definition) is 1. The summed E-state index contributed by atoms with van der Waals surface area (Å²) in [6, 6.07) is 8.88. The Labute approximate surface area is 120 Å². The van der Waals surface area contributed by atoms with Crippen LogP contribution < -0.4 is 5.32 Å². The molecule has 1 aromatic carbocycles. The lowest BCUT2D eigenvalue weighted by atomic mass is 10.2. The molecule has 92 valence electrons. The fourth-order valence-electron chi connectivity index (χ4n) is 1.23. The van der Waals surface area contributed by atoms with E-state index in [0.29, 0.717) is 21.6 Å². The van der Waals surface area contributed by atoms with Crippen molar-refractivity contribution in [2.45, 2.75) is 6.54 Å². The van der Waals surface area contributed by atoms with Crippen LogP contribution in [0.4, 0.5) is 0 Å². The minimum absolute atomic E-state index is 0.0626. The fourth-order valence-corrected chi connectivity index (χ4v) is 2.22. The molecule has 6 heteroatoms. The Morgan fingerprint density at radius 3 is 2.50 bits per heavy atom. The van der Waals surface area contributed by atoms with Crippen molar-refractivity contribution in [1.82, 2.24) is 5.32 Å². The molecule has 0 unspecified atom stereocenters. The van der Waals surface area contributed by atoms with Crippen LogP contribution in [0.1, 0.15) is 5.56 Å². The third-order valence-electron chi connectivity index (χ3n) is 2.11. The lowest BCUT2D eigenvalue weighted by molar-refractivity contribution is 0.854. The Morgan fingerprint density at radius 1 is 1.33 bits per heavy atom. The Balaban J connectivity index is 2.85. The molecule has 0 aliphatic carbocycles. The number of halogens is 2. The van der Waals surface area contributed by atoms with Gasteiger partial charge in [-0.25, -0.2) is 0 Å². The van der Waals surface area contributed by atoms with Crippen molar-refractivity contribution in [1.29, 1.82) is 10.5 Å². The van der Waals surface area contributed by atoms with E-state index < -0.39 is 0 Å². The van der Waals surface area contributed by atoms with Crippen LogP contribution >= 0.6 is 35.0 Å². The molecule has 0 aliphatic rings.